The van der Waals surface area contributed by atoms with Gasteiger partial charge in [0.25, 0.3) is 0 Å². The molecule has 1 aliphatic rings. The zero-order valence-corrected chi connectivity index (χ0v) is 17.5. The average Bonchev–Trinajstić information content (AvgIpc) is 2.66. The summed E-state index contributed by atoms with van der Waals surface area (Å²) in [4.78, 5) is 16.6. The molecule has 1 N–H and O–H groups in total. The van der Waals surface area contributed by atoms with Gasteiger partial charge in [0, 0.05) is 41.9 Å². The van der Waals surface area contributed by atoms with E-state index in [0.717, 1.165) is 44.1 Å². The van der Waals surface area contributed by atoms with Crippen molar-refractivity contribution < 1.29 is 9.53 Å². The highest BCUT2D eigenvalue weighted by Gasteiger charge is 2.12. The number of carbonyl (C=O) groups excluding carboxylic acids is 1. The Morgan fingerprint density at radius 1 is 1.14 bits per heavy atom. The second-order valence-electron chi connectivity index (χ2n) is 7.04. The lowest BCUT2D eigenvalue weighted by atomic mass is 10.2. The van der Waals surface area contributed by atoms with E-state index in [1.54, 1.807) is 12.1 Å². The molecule has 1 saturated heterocycles. The van der Waals surface area contributed by atoms with Gasteiger partial charge in [-0.05, 0) is 42.4 Å². The number of benzene rings is 2. The Bertz CT molecular complexity index is 793. The van der Waals surface area contributed by atoms with Crippen molar-refractivity contribution in [3.05, 3.63) is 63.6 Å². The first-order chi connectivity index (χ1) is 13.5. The number of nitrogens with one attached hydrogen (secondary N) is 1. The lowest BCUT2D eigenvalue weighted by Crippen LogP contribution is -2.35. The van der Waals surface area contributed by atoms with Gasteiger partial charge in [0.2, 0.25) is 5.91 Å². The van der Waals surface area contributed by atoms with Crippen molar-refractivity contribution in [3.8, 4) is 0 Å². The second kappa shape index (κ2) is 10.2. The highest BCUT2D eigenvalue weighted by Crippen LogP contribution is 2.22. The van der Waals surface area contributed by atoms with Gasteiger partial charge in [0.15, 0.2) is 0 Å². The molecule has 7 heteroatoms. The number of hydrogen-bond donors (Lipinski definition) is 1. The van der Waals surface area contributed by atoms with E-state index in [-0.39, 0.29) is 12.5 Å². The van der Waals surface area contributed by atoms with E-state index in [2.05, 4.69) is 22.3 Å². The maximum Gasteiger partial charge on any atom is 0.238 e. The van der Waals surface area contributed by atoms with E-state index in [0.29, 0.717) is 16.6 Å². The molecule has 2 aromatic carbocycles. The number of halogens is 2. The minimum atomic E-state index is -0.0616. The summed E-state index contributed by atoms with van der Waals surface area (Å²) < 4.78 is 5.37. The number of morpholine rings is 1. The summed E-state index contributed by atoms with van der Waals surface area (Å²) in [5.41, 5.74) is 2.97. The van der Waals surface area contributed by atoms with Crippen LogP contribution in [0.5, 0.6) is 0 Å². The van der Waals surface area contributed by atoms with Crippen LogP contribution in [-0.2, 0) is 22.6 Å². The fourth-order valence-electron chi connectivity index (χ4n) is 3.15. The minimum Gasteiger partial charge on any atom is -0.379 e. The van der Waals surface area contributed by atoms with Crippen LogP contribution >= 0.6 is 23.2 Å². The molecule has 0 radical (unpaired) electrons. The standard InChI is InChI=1S/C21H25Cl2N3O2/c1-25(14-17-4-5-18(22)12-20(17)23)15-21(27)24-19-6-2-16(3-7-19)13-26-8-10-28-11-9-26/h2-7,12H,8-11,13-15H2,1H3,(H,24,27). The van der Waals surface area contributed by atoms with Crippen molar-refractivity contribution in [2.75, 3.05) is 45.2 Å². The molecule has 1 heterocycles. The third kappa shape index (κ3) is 6.47. The lowest BCUT2D eigenvalue weighted by Gasteiger charge is -2.26. The molecule has 5 nitrogen and oxygen atoms in total. The van der Waals surface area contributed by atoms with Gasteiger partial charge in [-0.3, -0.25) is 14.6 Å². The Hall–Kier alpha value is -1.63. The van der Waals surface area contributed by atoms with Crippen LogP contribution in [0.15, 0.2) is 42.5 Å². The number of anilines is 1. The molecule has 0 saturated carbocycles. The number of nitrogens with zero attached hydrogens (tertiary/aromatic N) is 2. The Morgan fingerprint density at radius 3 is 2.54 bits per heavy atom. The predicted molar refractivity (Wildman–Crippen MR) is 114 cm³/mol. The van der Waals surface area contributed by atoms with Crippen molar-refractivity contribution in [1.29, 1.82) is 0 Å². The third-order valence-corrected chi connectivity index (χ3v) is 5.20. The van der Waals surface area contributed by atoms with Crippen molar-refractivity contribution >= 4 is 34.8 Å². The lowest BCUT2D eigenvalue weighted by molar-refractivity contribution is -0.117. The molecule has 0 aliphatic carbocycles. The molecule has 150 valence electrons. The number of ether oxygens (including phenoxy) is 1. The summed E-state index contributed by atoms with van der Waals surface area (Å²) in [7, 11) is 1.88. The van der Waals surface area contributed by atoms with E-state index in [9.17, 15) is 4.79 Å². The van der Waals surface area contributed by atoms with Crippen LogP contribution in [0.3, 0.4) is 0 Å². The number of likely N-dealkylation sites (N-methyl/N-ethyl adjacent to an activating group) is 1. The van der Waals surface area contributed by atoms with Crippen LogP contribution in [0.1, 0.15) is 11.1 Å². The van der Waals surface area contributed by atoms with Crippen LogP contribution in [0.4, 0.5) is 5.69 Å². The minimum absolute atomic E-state index is 0.0616. The molecule has 3 rings (SSSR count). The largest absolute Gasteiger partial charge is 0.379 e. The average molecular weight is 422 g/mol. The van der Waals surface area contributed by atoms with Crippen molar-refractivity contribution in [2.45, 2.75) is 13.1 Å². The summed E-state index contributed by atoms with van der Waals surface area (Å²) in [6, 6.07) is 13.4. The van der Waals surface area contributed by atoms with Crippen LogP contribution in [0, 0.1) is 0 Å². The molecule has 28 heavy (non-hydrogen) atoms. The van der Waals surface area contributed by atoms with E-state index >= 15 is 0 Å². The van der Waals surface area contributed by atoms with Crippen LogP contribution in [0.2, 0.25) is 10.0 Å². The molecule has 0 bridgehead atoms. The van der Waals surface area contributed by atoms with Crippen molar-refractivity contribution in [1.82, 2.24) is 9.80 Å². The van der Waals surface area contributed by atoms with Gasteiger partial charge in [0.05, 0.1) is 19.8 Å². The van der Waals surface area contributed by atoms with E-state index in [1.807, 2.05) is 30.1 Å². The van der Waals surface area contributed by atoms with Crippen molar-refractivity contribution in [2.24, 2.45) is 0 Å². The summed E-state index contributed by atoms with van der Waals surface area (Å²) in [6.45, 7) is 5.26. The van der Waals surface area contributed by atoms with Crippen LogP contribution < -0.4 is 5.32 Å². The van der Waals surface area contributed by atoms with Gasteiger partial charge in [-0.2, -0.15) is 0 Å². The van der Waals surface area contributed by atoms with Gasteiger partial charge >= 0.3 is 0 Å². The molecule has 1 aliphatic heterocycles. The topological polar surface area (TPSA) is 44.8 Å². The first-order valence-corrected chi connectivity index (χ1v) is 10.1. The number of hydrogen-bond acceptors (Lipinski definition) is 4. The monoisotopic (exact) mass is 421 g/mol. The Morgan fingerprint density at radius 2 is 1.86 bits per heavy atom. The van der Waals surface area contributed by atoms with Gasteiger partial charge in [-0.15, -0.1) is 0 Å². The molecule has 2 aromatic rings. The summed E-state index contributed by atoms with van der Waals surface area (Å²) in [5.74, 6) is -0.0616. The molecular formula is C21H25Cl2N3O2. The molecule has 1 amide bonds. The van der Waals surface area contributed by atoms with Crippen LogP contribution in [-0.4, -0.2) is 55.6 Å². The SMILES string of the molecule is CN(CC(=O)Nc1ccc(CN2CCOCC2)cc1)Cc1ccc(Cl)cc1Cl. The van der Waals surface area contributed by atoms with E-state index in [4.69, 9.17) is 27.9 Å². The van der Waals surface area contributed by atoms with E-state index < -0.39 is 0 Å². The first kappa shape index (κ1) is 21.1. The second-order valence-corrected chi connectivity index (χ2v) is 7.89. The van der Waals surface area contributed by atoms with Gasteiger partial charge in [-0.1, -0.05) is 41.4 Å². The van der Waals surface area contributed by atoms with Gasteiger partial charge in [0.1, 0.15) is 0 Å². The highest BCUT2D eigenvalue weighted by atomic mass is 35.5. The Labute approximate surface area is 176 Å². The molecular weight excluding hydrogens is 397 g/mol. The predicted octanol–water partition coefficient (Wildman–Crippen LogP) is 3.90. The molecule has 0 unspecified atom stereocenters. The third-order valence-electron chi connectivity index (χ3n) is 4.62. The van der Waals surface area contributed by atoms with E-state index in [1.165, 1.54) is 5.56 Å². The Balaban J connectivity index is 1.47. The van der Waals surface area contributed by atoms with Gasteiger partial charge < -0.3 is 10.1 Å². The number of rotatable bonds is 7. The smallest absolute Gasteiger partial charge is 0.238 e. The van der Waals surface area contributed by atoms with Crippen LogP contribution in [0.25, 0.3) is 0 Å². The summed E-state index contributed by atoms with van der Waals surface area (Å²) in [6.07, 6.45) is 0. The first-order valence-electron chi connectivity index (χ1n) is 9.31. The number of amides is 1. The normalized spacial score (nSPS) is 15.0. The molecule has 0 spiro atoms. The molecule has 0 aromatic heterocycles. The zero-order chi connectivity index (χ0) is 19.9. The molecule has 0 atom stereocenters. The maximum atomic E-state index is 12.3. The fraction of sp³-hybridized carbons (Fsp3) is 0.381. The fourth-order valence-corrected chi connectivity index (χ4v) is 3.62. The quantitative estimate of drug-likeness (QED) is 0.736. The zero-order valence-electron chi connectivity index (χ0n) is 16.0. The van der Waals surface area contributed by atoms with Gasteiger partial charge in [-0.25, -0.2) is 0 Å². The summed E-state index contributed by atoms with van der Waals surface area (Å²) >= 11 is 12.1. The molecule has 1 fully saturated rings. The maximum absolute atomic E-state index is 12.3. The Kier molecular flexibility index (Phi) is 7.71. The summed E-state index contributed by atoms with van der Waals surface area (Å²) in [5, 5.41) is 4.15. The van der Waals surface area contributed by atoms with Crippen molar-refractivity contribution in [3.63, 3.8) is 0 Å². The number of carbonyl (C=O) groups is 1. The highest BCUT2D eigenvalue weighted by molar-refractivity contribution is 6.35.